The molecule has 1 unspecified atom stereocenters. The van der Waals surface area contributed by atoms with Crippen LogP contribution < -0.4 is 5.32 Å². The highest BCUT2D eigenvalue weighted by molar-refractivity contribution is 9.13. The zero-order valence-electron chi connectivity index (χ0n) is 8.30. The van der Waals surface area contributed by atoms with E-state index in [0.29, 0.717) is 6.04 Å². The molecule has 0 saturated heterocycles. The second kappa shape index (κ2) is 4.53. The van der Waals surface area contributed by atoms with E-state index in [1.165, 1.54) is 19.1 Å². The lowest BCUT2D eigenvalue weighted by Crippen LogP contribution is -2.28. The van der Waals surface area contributed by atoms with E-state index in [1.54, 1.807) is 11.3 Å². The molecule has 16 heavy (non-hydrogen) atoms. The molecule has 84 valence electrons. The molecule has 0 amide bonds. The first-order valence-corrected chi connectivity index (χ1v) is 8.28. The van der Waals surface area contributed by atoms with Gasteiger partial charge in [0.15, 0.2) is 0 Å². The van der Waals surface area contributed by atoms with Gasteiger partial charge >= 0.3 is 0 Å². The zero-order chi connectivity index (χ0) is 11.1. The maximum atomic E-state index is 3.60. The summed E-state index contributed by atoms with van der Waals surface area (Å²) < 4.78 is 2.32. The van der Waals surface area contributed by atoms with Crippen LogP contribution in [0.2, 0.25) is 0 Å². The molecule has 1 aliphatic rings. The van der Waals surface area contributed by atoms with Gasteiger partial charge in [-0.2, -0.15) is 0 Å². The van der Waals surface area contributed by atoms with Crippen LogP contribution in [-0.4, -0.2) is 6.54 Å². The average molecular weight is 379 g/mol. The van der Waals surface area contributed by atoms with Crippen molar-refractivity contribution in [3.05, 3.63) is 41.1 Å². The van der Waals surface area contributed by atoms with Crippen LogP contribution in [-0.2, 0) is 6.42 Å². The Labute approximate surface area is 119 Å². The molecule has 2 aromatic heterocycles. The third-order valence-corrected chi connectivity index (χ3v) is 7.08. The highest BCUT2D eigenvalue weighted by Gasteiger charge is 2.24. The van der Waals surface area contributed by atoms with Gasteiger partial charge in [-0.25, -0.2) is 0 Å². The summed E-state index contributed by atoms with van der Waals surface area (Å²) in [6, 6.07) is 4.85. The van der Waals surface area contributed by atoms with Gasteiger partial charge in [0.05, 0.1) is 9.83 Å². The minimum absolute atomic E-state index is 0.386. The summed E-state index contributed by atoms with van der Waals surface area (Å²) in [6.45, 7) is 1.07. The summed E-state index contributed by atoms with van der Waals surface area (Å²) in [5, 5.41) is 5.79. The summed E-state index contributed by atoms with van der Waals surface area (Å²) in [4.78, 5) is 2.86. The second-order valence-corrected chi connectivity index (χ2v) is 7.92. The van der Waals surface area contributed by atoms with Gasteiger partial charge in [-0.1, -0.05) is 0 Å². The Balaban J connectivity index is 2.03. The van der Waals surface area contributed by atoms with E-state index in [2.05, 4.69) is 54.7 Å². The van der Waals surface area contributed by atoms with Crippen LogP contribution in [0, 0.1) is 0 Å². The van der Waals surface area contributed by atoms with Crippen molar-refractivity contribution < 1.29 is 0 Å². The minimum atomic E-state index is 0.386. The molecule has 0 saturated carbocycles. The van der Waals surface area contributed by atoms with Crippen LogP contribution in [0.1, 0.15) is 21.4 Å². The number of halogens is 2. The second-order valence-electron chi connectivity index (χ2n) is 3.72. The fourth-order valence-corrected chi connectivity index (χ4v) is 5.28. The Morgan fingerprint density at radius 2 is 2.25 bits per heavy atom. The average Bonchev–Trinajstić information content (AvgIpc) is 2.85. The number of hydrogen-bond donors (Lipinski definition) is 1. The molecule has 1 atom stereocenters. The standard InChI is InChI=1S/C11H9Br2NS2/c12-7-5-8(16-11(7)13)9-10-6(1-3-14-9)2-4-15-10/h2,4-5,9,14H,1,3H2. The first-order chi connectivity index (χ1) is 7.75. The molecule has 0 spiro atoms. The summed E-state index contributed by atoms with van der Waals surface area (Å²) in [6.07, 6.45) is 1.16. The lowest BCUT2D eigenvalue weighted by molar-refractivity contribution is 0.585. The highest BCUT2D eigenvalue weighted by atomic mass is 79.9. The predicted molar refractivity (Wildman–Crippen MR) is 77.6 cm³/mol. The van der Waals surface area contributed by atoms with Crippen LogP contribution in [0.15, 0.2) is 25.8 Å². The Morgan fingerprint density at radius 3 is 3.00 bits per heavy atom. The molecule has 1 N–H and O–H groups in total. The molecule has 1 nitrogen and oxygen atoms in total. The molecule has 0 radical (unpaired) electrons. The predicted octanol–water partition coefficient (Wildman–Crippen LogP) is 4.57. The van der Waals surface area contributed by atoms with Gasteiger partial charge < -0.3 is 5.32 Å². The molecule has 0 bridgehead atoms. The maximum Gasteiger partial charge on any atom is 0.0843 e. The van der Waals surface area contributed by atoms with Crippen LogP contribution in [0.3, 0.4) is 0 Å². The first kappa shape index (κ1) is 11.4. The molecule has 5 heteroatoms. The van der Waals surface area contributed by atoms with E-state index >= 15 is 0 Å². The summed E-state index contributed by atoms with van der Waals surface area (Å²) in [5.41, 5.74) is 1.51. The van der Waals surface area contributed by atoms with Gasteiger partial charge in [-0.05, 0) is 61.4 Å². The molecule has 0 fully saturated rings. The summed E-state index contributed by atoms with van der Waals surface area (Å²) in [5.74, 6) is 0. The topological polar surface area (TPSA) is 12.0 Å². The van der Waals surface area contributed by atoms with E-state index < -0.39 is 0 Å². The fourth-order valence-electron chi connectivity index (χ4n) is 1.99. The molecule has 3 heterocycles. The molecule has 1 aliphatic heterocycles. The monoisotopic (exact) mass is 377 g/mol. The molecule has 0 aromatic carbocycles. The van der Waals surface area contributed by atoms with Gasteiger partial charge in [0, 0.05) is 20.8 Å². The summed E-state index contributed by atoms with van der Waals surface area (Å²) >= 11 is 10.8. The van der Waals surface area contributed by atoms with Crippen molar-refractivity contribution >= 4 is 54.5 Å². The molecule has 3 rings (SSSR count). The Hall–Kier alpha value is 0.320. The van der Waals surface area contributed by atoms with Crippen molar-refractivity contribution in [3.8, 4) is 0 Å². The molecular weight excluding hydrogens is 370 g/mol. The first-order valence-electron chi connectivity index (χ1n) is 5.00. The third kappa shape index (κ3) is 1.93. The van der Waals surface area contributed by atoms with E-state index in [1.807, 2.05) is 11.3 Å². The van der Waals surface area contributed by atoms with Gasteiger partial charge in [0.25, 0.3) is 0 Å². The van der Waals surface area contributed by atoms with E-state index in [-0.39, 0.29) is 0 Å². The number of rotatable bonds is 1. The highest BCUT2D eigenvalue weighted by Crippen LogP contribution is 2.40. The van der Waals surface area contributed by atoms with Crippen molar-refractivity contribution in [3.63, 3.8) is 0 Å². The van der Waals surface area contributed by atoms with Crippen molar-refractivity contribution in [2.24, 2.45) is 0 Å². The normalized spacial score (nSPS) is 19.8. The maximum absolute atomic E-state index is 3.60. The third-order valence-electron chi connectivity index (χ3n) is 2.73. The van der Waals surface area contributed by atoms with Crippen molar-refractivity contribution in [1.82, 2.24) is 5.32 Å². The largest absolute Gasteiger partial charge is 0.305 e. The molecule has 0 aliphatic carbocycles. The van der Waals surface area contributed by atoms with Crippen LogP contribution in [0.4, 0.5) is 0 Å². The smallest absolute Gasteiger partial charge is 0.0843 e. The Bertz CT molecular complexity index is 498. The number of thiophene rings is 2. The van der Waals surface area contributed by atoms with Crippen molar-refractivity contribution in [2.75, 3.05) is 6.54 Å². The van der Waals surface area contributed by atoms with Gasteiger partial charge in [0.1, 0.15) is 0 Å². The Kier molecular flexibility index (Phi) is 3.23. The quantitative estimate of drug-likeness (QED) is 0.766. The molecule has 2 aromatic rings. The van der Waals surface area contributed by atoms with Crippen molar-refractivity contribution in [2.45, 2.75) is 12.5 Å². The van der Waals surface area contributed by atoms with Crippen LogP contribution >= 0.6 is 54.5 Å². The fraction of sp³-hybridized carbons (Fsp3) is 0.273. The van der Waals surface area contributed by atoms with Gasteiger partial charge in [-0.3, -0.25) is 0 Å². The van der Waals surface area contributed by atoms with E-state index in [9.17, 15) is 0 Å². The molecular formula is C11H9Br2NS2. The van der Waals surface area contributed by atoms with E-state index in [4.69, 9.17) is 0 Å². The SMILES string of the molecule is Brc1cc(C2NCCc3ccsc32)sc1Br. The number of hydrogen-bond acceptors (Lipinski definition) is 3. The van der Waals surface area contributed by atoms with E-state index in [0.717, 1.165) is 17.4 Å². The minimum Gasteiger partial charge on any atom is -0.305 e. The van der Waals surface area contributed by atoms with Crippen LogP contribution in [0.5, 0.6) is 0 Å². The lowest BCUT2D eigenvalue weighted by atomic mass is 10.0. The van der Waals surface area contributed by atoms with Crippen molar-refractivity contribution in [1.29, 1.82) is 0 Å². The van der Waals surface area contributed by atoms with Gasteiger partial charge in [0.2, 0.25) is 0 Å². The zero-order valence-corrected chi connectivity index (χ0v) is 13.1. The van der Waals surface area contributed by atoms with Crippen LogP contribution in [0.25, 0.3) is 0 Å². The lowest BCUT2D eigenvalue weighted by Gasteiger charge is -2.22. The number of fused-ring (bicyclic) bond motifs is 1. The Morgan fingerprint density at radius 1 is 1.38 bits per heavy atom. The van der Waals surface area contributed by atoms with Gasteiger partial charge in [-0.15, -0.1) is 22.7 Å². The number of nitrogens with one attached hydrogen (secondary N) is 1. The summed E-state index contributed by atoms with van der Waals surface area (Å²) in [7, 11) is 0.